The first-order valence-electron chi connectivity index (χ1n) is 3.59. The first-order chi connectivity index (χ1) is 6.54. The fraction of sp³-hybridized carbons (Fsp3) is 0.143. The summed E-state index contributed by atoms with van der Waals surface area (Å²) in [5.41, 5.74) is 1.41. The Balaban J connectivity index is 3.09. The Bertz CT molecular complexity index is 416. The third kappa shape index (κ3) is 2.47. The molecule has 0 bridgehead atoms. The molecule has 0 unspecified atom stereocenters. The minimum Gasteiger partial charge on any atom is -0.303 e. The molecule has 5 nitrogen and oxygen atoms in total. The van der Waals surface area contributed by atoms with E-state index >= 15 is 0 Å². The maximum atomic E-state index is 11.3. The molecule has 1 aromatic rings. The topological polar surface area (TPSA) is 77.1 Å². The van der Waals surface area contributed by atoms with Crippen molar-refractivity contribution >= 4 is 29.1 Å². The second-order valence-electron chi connectivity index (χ2n) is 2.51. The molecule has 0 spiro atoms. The summed E-state index contributed by atoms with van der Waals surface area (Å²) in [6.07, 6.45) is 1.31. The maximum Gasteiger partial charge on any atom is 0.269 e. The molecule has 0 aliphatic rings. The van der Waals surface area contributed by atoms with Crippen LogP contribution < -0.4 is 16.8 Å². The zero-order valence-corrected chi connectivity index (χ0v) is 8.47. The summed E-state index contributed by atoms with van der Waals surface area (Å²) in [7, 11) is 0. The Morgan fingerprint density at radius 2 is 2.21 bits per heavy atom. The molecule has 1 heterocycles. The molecule has 0 fully saturated rings. The maximum absolute atomic E-state index is 11.3. The fourth-order valence-corrected chi connectivity index (χ4v) is 1.39. The lowest BCUT2D eigenvalue weighted by molar-refractivity contribution is -0.121. The normalized spacial score (nSPS) is 9.93. The van der Waals surface area contributed by atoms with Crippen LogP contribution in [-0.2, 0) is 11.3 Å². The van der Waals surface area contributed by atoms with Gasteiger partial charge in [-0.2, -0.15) is 0 Å². The average Bonchev–Trinajstić information content (AvgIpc) is 2.13. The molecule has 0 aliphatic heterocycles. The molecule has 0 atom stereocenters. The van der Waals surface area contributed by atoms with E-state index in [4.69, 9.17) is 29.0 Å². The molecule has 0 aliphatic carbocycles. The second kappa shape index (κ2) is 4.45. The summed E-state index contributed by atoms with van der Waals surface area (Å²) in [4.78, 5) is 22.2. The van der Waals surface area contributed by atoms with E-state index in [9.17, 15) is 9.59 Å². The molecule has 0 saturated carbocycles. The number of nitrogens with zero attached hydrogens (tertiary/aromatic N) is 1. The van der Waals surface area contributed by atoms with Gasteiger partial charge in [0.2, 0.25) is 0 Å². The van der Waals surface area contributed by atoms with Crippen LogP contribution in [-0.4, -0.2) is 10.5 Å². The first-order valence-corrected chi connectivity index (χ1v) is 4.35. The van der Waals surface area contributed by atoms with Crippen LogP contribution >= 0.6 is 23.2 Å². The number of nitrogens with one attached hydrogen (secondary N) is 1. The lowest BCUT2D eigenvalue weighted by Crippen LogP contribution is -2.36. The Morgan fingerprint density at radius 1 is 1.57 bits per heavy atom. The number of carbonyl (C=O) groups excluding carboxylic acids is 1. The van der Waals surface area contributed by atoms with Gasteiger partial charge in [0.25, 0.3) is 11.5 Å². The molecular formula is C7H7Cl2N3O2. The van der Waals surface area contributed by atoms with Crippen LogP contribution in [0.1, 0.15) is 0 Å². The third-order valence-electron chi connectivity index (χ3n) is 1.48. The fourth-order valence-electron chi connectivity index (χ4n) is 0.883. The number of halogens is 2. The van der Waals surface area contributed by atoms with Crippen molar-refractivity contribution in [1.29, 1.82) is 0 Å². The molecular weight excluding hydrogens is 229 g/mol. The van der Waals surface area contributed by atoms with Gasteiger partial charge in [-0.05, 0) is 6.07 Å². The number of aromatic nitrogens is 1. The quantitative estimate of drug-likeness (QED) is 0.435. The number of rotatable bonds is 2. The van der Waals surface area contributed by atoms with Crippen molar-refractivity contribution < 1.29 is 4.79 Å². The first kappa shape index (κ1) is 11.0. The third-order valence-corrected chi connectivity index (χ3v) is 1.96. The molecule has 14 heavy (non-hydrogen) atoms. The zero-order valence-electron chi connectivity index (χ0n) is 6.96. The monoisotopic (exact) mass is 235 g/mol. The van der Waals surface area contributed by atoms with Crippen molar-refractivity contribution in [3.8, 4) is 0 Å². The molecule has 0 radical (unpaired) electrons. The van der Waals surface area contributed by atoms with Crippen LogP contribution in [0.15, 0.2) is 17.1 Å². The zero-order chi connectivity index (χ0) is 10.7. The van der Waals surface area contributed by atoms with E-state index < -0.39 is 11.5 Å². The molecule has 0 saturated heterocycles. The summed E-state index contributed by atoms with van der Waals surface area (Å²) in [5, 5.41) is 0.238. The van der Waals surface area contributed by atoms with Gasteiger partial charge in [0.05, 0.1) is 5.02 Å². The Labute approximate surface area is 89.4 Å². The van der Waals surface area contributed by atoms with Crippen LogP contribution in [0.3, 0.4) is 0 Å². The molecule has 0 aromatic carbocycles. The summed E-state index contributed by atoms with van der Waals surface area (Å²) in [6.45, 7) is -0.213. The van der Waals surface area contributed by atoms with E-state index in [2.05, 4.69) is 0 Å². The summed E-state index contributed by atoms with van der Waals surface area (Å²) in [6, 6.07) is 1.31. The van der Waals surface area contributed by atoms with E-state index in [0.717, 1.165) is 4.57 Å². The van der Waals surface area contributed by atoms with Crippen molar-refractivity contribution in [2.75, 3.05) is 0 Å². The van der Waals surface area contributed by atoms with Crippen LogP contribution in [0.4, 0.5) is 0 Å². The van der Waals surface area contributed by atoms with Gasteiger partial charge in [-0.1, -0.05) is 23.2 Å². The number of pyridine rings is 1. The van der Waals surface area contributed by atoms with Crippen LogP contribution in [0.2, 0.25) is 10.0 Å². The molecule has 7 heteroatoms. The number of amides is 1. The van der Waals surface area contributed by atoms with Crippen molar-refractivity contribution in [2.45, 2.75) is 6.54 Å². The van der Waals surface area contributed by atoms with Crippen LogP contribution in [0.5, 0.6) is 0 Å². The van der Waals surface area contributed by atoms with Gasteiger partial charge < -0.3 is 4.57 Å². The van der Waals surface area contributed by atoms with E-state index in [1.165, 1.54) is 12.3 Å². The summed E-state index contributed by atoms with van der Waals surface area (Å²) < 4.78 is 1.08. The van der Waals surface area contributed by atoms with E-state index in [1.807, 2.05) is 5.43 Å². The highest BCUT2D eigenvalue weighted by atomic mass is 35.5. The Morgan fingerprint density at radius 3 is 2.79 bits per heavy atom. The number of carbonyl (C=O) groups is 1. The highest BCUT2D eigenvalue weighted by Gasteiger charge is 2.06. The van der Waals surface area contributed by atoms with Gasteiger partial charge >= 0.3 is 0 Å². The van der Waals surface area contributed by atoms with Crippen LogP contribution in [0.25, 0.3) is 0 Å². The van der Waals surface area contributed by atoms with Gasteiger partial charge in [0.15, 0.2) is 0 Å². The molecule has 1 aromatic heterocycles. The van der Waals surface area contributed by atoms with E-state index in [-0.39, 0.29) is 16.6 Å². The van der Waals surface area contributed by atoms with Gasteiger partial charge in [-0.15, -0.1) is 0 Å². The molecule has 76 valence electrons. The second-order valence-corrected chi connectivity index (χ2v) is 3.35. The van der Waals surface area contributed by atoms with E-state index in [0.29, 0.717) is 0 Å². The van der Waals surface area contributed by atoms with E-state index in [1.54, 1.807) is 0 Å². The molecule has 3 N–H and O–H groups in total. The number of hydrazine groups is 1. The minimum atomic E-state index is -0.509. The average molecular weight is 236 g/mol. The van der Waals surface area contributed by atoms with Crippen molar-refractivity contribution in [1.82, 2.24) is 9.99 Å². The van der Waals surface area contributed by atoms with Crippen molar-refractivity contribution in [3.05, 3.63) is 32.7 Å². The van der Waals surface area contributed by atoms with Crippen molar-refractivity contribution in [3.63, 3.8) is 0 Å². The minimum absolute atomic E-state index is 0.0395. The predicted octanol–water partition coefficient (Wildman–Crippen LogP) is 0.145. The highest BCUT2D eigenvalue weighted by molar-refractivity contribution is 6.34. The largest absolute Gasteiger partial charge is 0.303 e. The lowest BCUT2D eigenvalue weighted by atomic mass is 10.4. The number of hydrogen-bond acceptors (Lipinski definition) is 3. The van der Waals surface area contributed by atoms with Crippen molar-refractivity contribution in [2.24, 2.45) is 5.84 Å². The molecule has 1 amide bonds. The van der Waals surface area contributed by atoms with Crippen LogP contribution in [0, 0.1) is 0 Å². The number of nitrogens with two attached hydrogens (primary N) is 1. The number of hydrogen-bond donors (Lipinski definition) is 2. The van der Waals surface area contributed by atoms with Gasteiger partial charge in [0.1, 0.15) is 11.6 Å². The summed E-state index contributed by atoms with van der Waals surface area (Å²) >= 11 is 11.2. The smallest absolute Gasteiger partial charge is 0.269 e. The highest BCUT2D eigenvalue weighted by Crippen LogP contribution is 2.10. The Kier molecular flexibility index (Phi) is 3.51. The summed E-state index contributed by atoms with van der Waals surface area (Å²) in [5.74, 6) is 4.36. The Hall–Kier alpha value is -1.04. The van der Waals surface area contributed by atoms with Gasteiger partial charge in [0, 0.05) is 6.20 Å². The molecule has 1 rings (SSSR count). The van der Waals surface area contributed by atoms with Gasteiger partial charge in [-0.3, -0.25) is 15.0 Å². The predicted molar refractivity (Wildman–Crippen MR) is 53.1 cm³/mol. The lowest BCUT2D eigenvalue weighted by Gasteiger charge is -2.05. The standard InChI is InChI=1S/C7H7Cl2N3O2/c8-4-1-5(9)7(14)12(2-4)3-6(13)11-10/h1-2H,3,10H2,(H,11,13). The van der Waals surface area contributed by atoms with Gasteiger partial charge in [-0.25, -0.2) is 5.84 Å². The SMILES string of the molecule is NNC(=O)Cn1cc(Cl)cc(Cl)c1=O.